The molecule has 1 heterocycles. The molecular formula is C52H36N2. The topological polar surface area (TPSA) is 8.17 Å². The average Bonchev–Trinajstić information content (AvgIpc) is 3.59. The average molecular weight is 689 g/mol. The highest BCUT2D eigenvalue weighted by Gasteiger charge is 2.16. The van der Waals surface area contributed by atoms with Gasteiger partial charge in [0.15, 0.2) is 0 Å². The molecule has 0 aliphatic heterocycles. The minimum absolute atomic E-state index is 1.11. The summed E-state index contributed by atoms with van der Waals surface area (Å²) in [4.78, 5) is 2.35. The molecule has 0 aliphatic rings. The largest absolute Gasteiger partial charge is 0.310 e. The first-order chi connectivity index (χ1) is 26.8. The van der Waals surface area contributed by atoms with E-state index < -0.39 is 0 Å². The highest BCUT2D eigenvalue weighted by Crippen LogP contribution is 2.40. The van der Waals surface area contributed by atoms with E-state index in [4.69, 9.17) is 0 Å². The van der Waals surface area contributed by atoms with Gasteiger partial charge in [-0.15, -0.1) is 0 Å². The van der Waals surface area contributed by atoms with Crippen LogP contribution in [-0.4, -0.2) is 4.57 Å². The summed E-state index contributed by atoms with van der Waals surface area (Å²) in [5, 5.41) is 5.00. The third-order valence-corrected chi connectivity index (χ3v) is 10.6. The minimum atomic E-state index is 1.11. The molecule has 0 radical (unpaired) electrons. The van der Waals surface area contributed by atoms with E-state index in [0.717, 1.165) is 22.7 Å². The van der Waals surface area contributed by atoms with Gasteiger partial charge in [0.1, 0.15) is 0 Å². The Hall–Kier alpha value is -7.16. The number of hydrogen-bond acceptors (Lipinski definition) is 1. The van der Waals surface area contributed by atoms with Crippen molar-refractivity contribution in [3.8, 4) is 39.1 Å². The number of aromatic nitrogens is 1. The number of para-hydroxylation sites is 2. The zero-order valence-corrected chi connectivity index (χ0v) is 29.7. The Morgan fingerprint density at radius 3 is 1.35 bits per heavy atom. The molecule has 0 amide bonds. The normalized spacial score (nSPS) is 11.3. The standard InChI is InChI=1S/C52H36N2/c1-2-12-37(13-3-1)39-22-29-43(30-23-39)53(46-35-24-38-14-4-5-15-42(38)36-46)44-31-25-40(26-32-44)47-16-6-7-17-48(47)41-27-33-45(34-28-41)54-51-20-10-8-18-49(51)50-19-9-11-21-52(50)54/h1-36H. The van der Waals surface area contributed by atoms with Crippen molar-refractivity contribution in [1.29, 1.82) is 0 Å². The molecular weight excluding hydrogens is 653 g/mol. The third-order valence-electron chi connectivity index (χ3n) is 10.6. The Morgan fingerprint density at radius 1 is 0.296 bits per heavy atom. The van der Waals surface area contributed by atoms with E-state index in [0.29, 0.717) is 0 Å². The molecule has 54 heavy (non-hydrogen) atoms. The van der Waals surface area contributed by atoms with Crippen LogP contribution in [0.25, 0.3) is 71.6 Å². The Kier molecular flexibility index (Phi) is 7.85. The summed E-state index contributed by atoms with van der Waals surface area (Å²) in [6, 6.07) is 78.8. The molecule has 0 saturated heterocycles. The maximum atomic E-state index is 2.37. The van der Waals surface area contributed by atoms with Crippen molar-refractivity contribution in [3.05, 3.63) is 218 Å². The highest BCUT2D eigenvalue weighted by atomic mass is 15.1. The fraction of sp³-hybridized carbons (Fsp3) is 0. The maximum Gasteiger partial charge on any atom is 0.0541 e. The molecule has 10 aromatic rings. The third kappa shape index (κ3) is 5.62. The molecule has 0 spiro atoms. The van der Waals surface area contributed by atoms with E-state index in [2.05, 4.69) is 228 Å². The fourth-order valence-electron chi connectivity index (χ4n) is 7.96. The Labute approximate surface area is 315 Å². The molecule has 0 fully saturated rings. The lowest BCUT2D eigenvalue weighted by Gasteiger charge is -2.26. The quantitative estimate of drug-likeness (QED) is 0.162. The summed E-state index contributed by atoms with van der Waals surface area (Å²) < 4.78 is 2.37. The van der Waals surface area contributed by atoms with E-state index in [-0.39, 0.29) is 0 Å². The molecule has 0 saturated carbocycles. The van der Waals surface area contributed by atoms with E-state index in [1.54, 1.807) is 0 Å². The first-order valence-corrected chi connectivity index (χ1v) is 18.5. The van der Waals surface area contributed by atoms with Gasteiger partial charge in [-0.3, -0.25) is 0 Å². The molecule has 9 aromatic carbocycles. The Morgan fingerprint density at radius 2 is 0.741 bits per heavy atom. The first kappa shape index (κ1) is 31.6. The van der Waals surface area contributed by atoms with Crippen molar-refractivity contribution in [2.24, 2.45) is 0 Å². The Bertz CT molecular complexity index is 2850. The first-order valence-electron chi connectivity index (χ1n) is 18.5. The van der Waals surface area contributed by atoms with Gasteiger partial charge in [0, 0.05) is 33.5 Å². The van der Waals surface area contributed by atoms with Gasteiger partial charge in [0.05, 0.1) is 11.0 Å². The second kappa shape index (κ2) is 13.4. The van der Waals surface area contributed by atoms with Gasteiger partial charge in [-0.1, -0.05) is 158 Å². The van der Waals surface area contributed by atoms with Gasteiger partial charge in [0.25, 0.3) is 0 Å². The summed E-state index contributed by atoms with van der Waals surface area (Å²) in [5.41, 5.74) is 14.1. The van der Waals surface area contributed by atoms with Crippen LogP contribution >= 0.6 is 0 Å². The van der Waals surface area contributed by atoms with Crippen LogP contribution in [0, 0.1) is 0 Å². The van der Waals surface area contributed by atoms with Crippen molar-refractivity contribution in [2.75, 3.05) is 4.90 Å². The second-order valence-electron chi connectivity index (χ2n) is 13.8. The number of hydrogen-bond donors (Lipinski definition) is 0. The molecule has 0 atom stereocenters. The Balaban J connectivity index is 1.01. The molecule has 254 valence electrons. The van der Waals surface area contributed by atoms with Crippen molar-refractivity contribution in [3.63, 3.8) is 0 Å². The molecule has 2 heteroatoms. The van der Waals surface area contributed by atoms with Crippen LogP contribution in [0.1, 0.15) is 0 Å². The van der Waals surface area contributed by atoms with Gasteiger partial charge < -0.3 is 9.47 Å². The predicted octanol–water partition coefficient (Wildman–Crippen LogP) is 14.4. The molecule has 0 unspecified atom stereocenters. The molecule has 0 bridgehead atoms. The number of fused-ring (bicyclic) bond motifs is 4. The van der Waals surface area contributed by atoms with Crippen LogP contribution in [0.4, 0.5) is 17.1 Å². The SMILES string of the molecule is c1ccc(-c2ccc(N(c3ccc(-c4ccccc4-c4ccc(-n5c6ccccc6c6ccccc65)cc4)cc3)c3ccc4ccccc4c3)cc2)cc1. The molecule has 0 aliphatic carbocycles. The van der Waals surface area contributed by atoms with Crippen LogP contribution in [-0.2, 0) is 0 Å². The molecule has 0 N–H and O–H groups in total. The molecule has 2 nitrogen and oxygen atoms in total. The van der Waals surface area contributed by atoms with Gasteiger partial charge >= 0.3 is 0 Å². The zero-order chi connectivity index (χ0) is 35.8. The summed E-state index contributed by atoms with van der Waals surface area (Å²) in [5.74, 6) is 0. The molecule has 10 rings (SSSR count). The van der Waals surface area contributed by atoms with Crippen LogP contribution in [0.2, 0.25) is 0 Å². The van der Waals surface area contributed by atoms with E-state index in [1.807, 2.05) is 0 Å². The monoisotopic (exact) mass is 688 g/mol. The van der Waals surface area contributed by atoms with E-state index in [1.165, 1.54) is 66.0 Å². The predicted molar refractivity (Wildman–Crippen MR) is 229 cm³/mol. The second-order valence-corrected chi connectivity index (χ2v) is 13.8. The van der Waals surface area contributed by atoms with Gasteiger partial charge in [-0.2, -0.15) is 0 Å². The summed E-state index contributed by atoms with van der Waals surface area (Å²) in [6.45, 7) is 0. The molecule has 1 aromatic heterocycles. The van der Waals surface area contributed by atoms with E-state index >= 15 is 0 Å². The zero-order valence-electron chi connectivity index (χ0n) is 29.7. The van der Waals surface area contributed by atoms with Crippen molar-refractivity contribution in [2.45, 2.75) is 0 Å². The summed E-state index contributed by atoms with van der Waals surface area (Å²) in [7, 11) is 0. The lowest BCUT2D eigenvalue weighted by Crippen LogP contribution is -2.09. The van der Waals surface area contributed by atoms with Gasteiger partial charge in [-0.25, -0.2) is 0 Å². The minimum Gasteiger partial charge on any atom is -0.310 e. The maximum absolute atomic E-state index is 2.37. The van der Waals surface area contributed by atoms with Crippen LogP contribution in [0.5, 0.6) is 0 Å². The van der Waals surface area contributed by atoms with Crippen molar-refractivity contribution >= 4 is 49.6 Å². The van der Waals surface area contributed by atoms with Crippen LogP contribution in [0.3, 0.4) is 0 Å². The van der Waals surface area contributed by atoms with Gasteiger partial charge in [0.2, 0.25) is 0 Å². The number of anilines is 3. The summed E-state index contributed by atoms with van der Waals surface area (Å²) >= 11 is 0. The summed E-state index contributed by atoms with van der Waals surface area (Å²) in [6.07, 6.45) is 0. The number of benzene rings is 9. The number of nitrogens with zero attached hydrogens (tertiary/aromatic N) is 2. The lowest BCUT2D eigenvalue weighted by atomic mass is 9.94. The van der Waals surface area contributed by atoms with Crippen LogP contribution < -0.4 is 4.90 Å². The van der Waals surface area contributed by atoms with E-state index in [9.17, 15) is 0 Å². The van der Waals surface area contributed by atoms with Crippen LogP contribution in [0.15, 0.2) is 218 Å². The smallest absolute Gasteiger partial charge is 0.0541 e. The fourth-order valence-corrected chi connectivity index (χ4v) is 7.96. The van der Waals surface area contributed by atoms with Gasteiger partial charge in [-0.05, 0) is 105 Å². The highest BCUT2D eigenvalue weighted by molar-refractivity contribution is 6.09. The lowest BCUT2D eigenvalue weighted by molar-refractivity contribution is 1.18. The number of rotatable bonds is 7. The van der Waals surface area contributed by atoms with Crippen molar-refractivity contribution < 1.29 is 0 Å². The van der Waals surface area contributed by atoms with Crippen molar-refractivity contribution in [1.82, 2.24) is 4.57 Å².